The minimum absolute atomic E-state index is 0.0128. The van der Waals surface area contributed by atoms with Crippen LogP contribution in [0.1, 0.15) is 297 Å². The largest absolute Gasteiger partial charge is 0.472 e. The van der Waals surface area contributed by atoms with Gasteiger partial charge in [-0.25, -0.2) is 9.13 Å². The van der Waals surface area contributed by atoms with E-state index in [9.17, 15) is 43.2 Å². The van der Waals surface area contributed by atoms with E-state index < -0.39 is 97.5 Å². The molecule has 3 N–H and O–H groups in total. The van der Waals surface area contributed by atoms with Crippen molar-refractivity contribution in [1.82, 2.24) is 0 Å². The minimum Gasteiger partial charge on any atom is -0.462 e. The lowest BCUT2D eigenvalue weighted by atomic mass is 10.1. The SMILES string of the molecule is CC/C=C\C/C=C\C/C=C\C/C=C\C/C=C\C/C=C\CCC(=O)OC[C@H](COP(=O)(O)OC[C@@H](O)COP(=O)(O)OC[C@@H](COC(=O)CCCCCCCCC/C=C\CCCCCC)OC(=O)CCCCCCC/C=C\C/C=C\CCCCC)OC(=O)CC/C=C\C/C=C\C/C=C\C/C=C\C/C=C\C/C=C\CC. The fourth-order valence-corrected chi connectivity index (χ4v) is 11.8. The Morgan fingerprint density at radius 2 is 0.500 bits per heavy atom. The molecular formula is C89H144O17P2. The van der Waals surface area contributed by atoms with Gasteiger partial charge in [0.1, 0.15) is 19.3 Å². The van der Waals surface area contributed by atoms with E-state index in [1.807, 2.05) is 36.5 Å². The Morgan fingerprint density at radius 3 is 0.843 bits per heavy atom. The van der Waals surface area contributed by atoms with Crippen molar-refractivity contribution in [3.8, 4) is 0 Å². The highest BCUT2D eigenvalue weighted by Crippen LogP contribution is 2.45. The number of phosphoric ester groups is 2. The van der Waals surface area contributed by atoms with Crippen molar-refractivity contribution in [3.05, 3.63) is 182 Å². The number of carbonyl (C=O) groups excluding carboxylic acids is 4. The first-order valence-electron chi connectivity index (χ1n) is 41.0. The van der Waals surface area contributed by atoms with Gasteiger partial charge in [-0.2, -0.15) is 0 Å². The lowest BCUT2D eigenvalue weighted by molar-refractivity contribution is -0.161. The van der Waals surface area contributed by atoms with E-state index in [4.69, 9.17) is 37.0 Å². The fourth-order valence-electron chi connectivity index (χ4n) is 10.2. The van der Waals surface area contributed by atoms with E-state index in [0.29, 0.717) is 38.5 Å². The second-order valence-corrected chi connectivity index (χ2v) is 29.5. The quantitative estimate of drug-likeness (QED) is 0.0169. The highest BCUT2D eigenvalue weighted by molar-refractivity contribution is 7.47. The summed E-state index contributed by atoms with van der Waals surface area (Å²) >= 11 is 0. The van der Waals surface area contributed by atoms with Gasteiger partial charge in [0.25, 0.3) is 0 Å². The molecule has 0 bridgehead atoms. The highest BCUT2D eigenvalue weighted by Gasteiger charge is 2.30. The molecule has 0 amide bonds. The Bertz CT molecular complexity index is 2760. The van der Waals surface area contributed by atoms with Gasteiger partial charge in [-0.05, 0) is 161 Å². The zero-order valence-electron chi connectivity index (χ0n) is 66.9. The molecule has 108 heavy (non-hydrogen) atoms. The van der Waals surface area contributed by atoms with Crippen LogP contribution in [0, 0.1) is 0 Å². The summed E-state index contributed by atoms with van der Waals surface area (Å²) in [5.74, 6) is -2.40. The van der Waals surface area contributed by atoms with E-state index in [2.05, 4.69) is 174 Å². The molecule has 0 rings (SSSR count). The molecule has 0 heterocycles. The van der Waals surface area contributed by atoms with Gasteiger partial charge in [0.05, 0.1) is 26.4 Å². The Kier molecular flexibility index (Phi) is 75.0. The lowest BCUT2D eigenvalue weighted by Crippen LogP contribution is -2.30. The molecule has 0 radical (unpaired) electrons. The Hall–Kier alpha value is -5.84. The van der Waals surface area contributed by atoms with Crippen LogP contribution in [0.4, 0.5) is 0 Å². The molecule has 0 aliphatic rings. The van der Waals surface area contributed by atoms with Gasteiger partial charge in [0.15, 0.2) is 12.2 Å². The maximum atomic E-state index is 13.1. The maximum absolute atomic E-state index is 13.1. The fraction of sp³-hybridized carbons (Fsp3) is 0.618. The molecule has 0 fully saturated rings. The van der Waals surface area contributed by atoms with Crippen molar-refractivity contribution in [2.24, 2.45) is 0 Å². The maximum Gasteiger partial charge on any atom is 0.472 e. The van der Waals surface area contributed by atoms with Crippen LogP contribution in [0.2, 0.25) is 0 Å². The molecule has 0 spiro atoms. The molecule has 0 saturated heterocycles. The third-order valence-electron chi connectivity index (χ3n) is 16.4. The van der Waals surface area contributed by atoms with Crippen LogP contribution in [-0.4, -0.2) is 96.7 Å². The number of ether oxygens (including phenoxy) is 4. The minimum atomic E-state index is -5.03. The van der Waals surface area contributed by atoms with Crippen LogP contribution in [0.15, 0.2) is 182 Å². The van der Waals surface area contributed by atoms with E-state index in [0.717, 1.165) is 154 Å². The first-order chi connectivity index (χ1) is 52.7. The number of aliphatic hydroxyl groups is 1. The second kappa shape index (κ2) is 79.3. The number of allylic oxidation sites excluding steroid dienone is 30. The van der Waals surface area contributed by atoms with Crippen molar-refractivity contribution in [1.29, 1.82) is 0 Å². The molecule has 0 aromatic rings. The van der Waals surface area contributed by atoms with Gasteiger partial charge in [0.2, 0.25) is 0 Å². The molecule has 5 atom stereocenters. The number of hydrogen-bond donors (Lipinski definition) is 3. The van der Waals surface area contributed by atoms with Crippen LogP contribution in [0.25, 0.3) is 0 Å². The number of hydrogen-bond acceptors (Lipinski definition) is 15. The number of esters is 4. The molecule has 19 heteroatoms. The summed E-state index contributed by atoms with van der Waals surface area (Å²) in [7, 11) is -10.0. The van der Waals surface area contributed by atoms with E-state index in [-0.39, 0.29) is 25.7 Å². The van der Waals surface area contributed by atoms with Crippen molar-refractivity contribution >= 4 is 39.5 Å². The second-order valence-electron chi connectivity index (χ2n) is 26.6. The first-order valence-corrected chi connectivity index (χ1v) is 44.0. The number of phosphoric acid groups is 2. The van der Waals surface area contributed by atoms with Crippen LogP contribution in [0.3, 0.4) is 0 Å². The highest BCUT2D eigenvalue weighted by atomic mass is 31.2. The smallest absolute Gasteiger partial charge is 0.462 e. The molecule has 0 aliphatic heterocycles. The van der Waals surface area contributed by atoms with Crippen molar-refractivity contribution in [2.45, 2.75) is 316 Å². The van der Waals surface area contributed by atoms with E-state index in [1.165, 1.54) is 51.4 Å². The summed E-state index contributed by atoms with van der Waals surface area (Å²) in [6.07, 6.45) is 96.1. The van der Waals surface area contributed by atoms with Crippen LogP contribution >= 0.6 is 15.6 Å². The van der Waals surface area contributed by atoms with Gasteiger partial charge in [-0.3, -0.25) is 37.3 Å². The first kappa shape index (κ1) is 102. The lowest BCUT2D eigenvalue weighted by Gasteiger charge is -2.21. The van der Waals surface area contributed by atoms with Gasteiger partial charge < -0.3 is 33.8 Å². The zero-order chi connectivity index (χ0) is 78.9. The Morgan fingerprint density at radius 1 is 0.269 bits per heavy atom. The topological polar surface area (TPSA) is 237 Å². The molecule has 0 aliphatic carbocycles. The van der Waals surface area contributed by atoms with E-state index in [1.54, 1.807) is 0 Å². The molecule has 0 aromatic carbocycles. The van der Waals surface area contributed by atoms with Gasteiger partial charge in [-0.15, -0.1) is 0 Å². The molecule has 0 saturated carbocycles. The monoisotopic (exact) mass is 1550 g/mol. The number of carbonyl (C=O) groups is 4. The van der Waals surface area contributed by atoms with Crippen molar-refractivity contribution in [3.63, 3.8) is 0 Å². The Balaban J connectivity index is 5.54. The number of rotatable bonds is 75. The molecule has 17 nitrogen and oxygen atoms in total. The predicted octanol–water partition coefficient (Wildman–Crippen LogP) is 24.3. The molecule has 0 aromatic heterocycles. The average molecular weight is 1550 g/mol. The van der Waals surface area contributed by atoms with Crippen LogP contribution in [-0.2, 0) is 65.4 Å². The van der Waals surface area contributed by atoms with Crippen LogP contribution in [0.5, 0.6) is 0 Å². The zero-order valence-corrected chi connectivity index (χ0v) is 68.7. The van der Waals surface area contributed by atoms with Crippen molar-refractivity contribution in [2.75, 3.05) is 39.6 Å². The summed E-state index contributed by atoms with van der Waals surface area (Å²) in [6, 6.07) is 0. The number of aliphatic hydroxyl groups excluding tert-OH is 1. The Labute approximate surface area is 654 Å². The standard InChI is InChI=1S/C89H144O17P2/c1-5-9-13-17-21-25-29-33-37-39-41-43-47-50-54-58-62-66-70-74-87(92)100-80-85(106-89(94)76-72-68-64-60-56-52-48-44-42-40-38-34-30-26-22-18-14-10-6-2)82-104-108(97,98)102-78-83(90)77-101-107(95,96)103-81-84(105-88(93)75-71-67-63-59-55-51-46-36-32-28-24-20-16-12-8-4)79-99-86(91)73-69-65-61-57-53-49-45-35-31-27-23-19-15-11-7-3/h9-10,13-14,21-22,24-28,31,33-34,36-38,41-44,46,50,52,54,56,62,64,66,68,83-85,90H,5-8,11-12,15-20,23,29-30,32,35,39-40,45,47-49,51,53,55,57-61,63,65,67,69-82H2,1-4H3,(H,95,96)(H,97,98)/b13-9-,14-10-,25-21-,26-22-,28-24-,31-27-,37-33-,38-34-,43-41-,44-42-,46-36-,54-50-,56-52-,66-62-,68-64-/t83-,84+,85+/m0/s1. The summed E-state index contributed by atoms with van der Waals surface area (Å²) in [5, 5.41) is 10.7. The summed E-state index contributed by atoms with van der Waals surface area (Å²) in [5.41, 5.74) is 0. The third-order valence-corrected chi connectivity index (χ3v) is 18.3. The van der Waals surface area contributed by atoms with Crippen molar-refractivity contribution < 1.29 is 80.2 Å². The van der Waals surface area contributed by atoms with Crippen LogP contribution < -0.4 is 0 Å². The predicted molar refractivity (Wildman–Crippen MR) is 445 cm³/mol. The summed E-state index contributed by atoms with van der Waals surface area (Å²) in [6.45, 7) is 4.41. The van der Waals surface area contributed by atoms with E-state index >= 15 is 0 Å². The molecular weight excluding hydrogens is 1400 g/mol. The van der Waals surface area contributed by atoms with Gasteiger partial charge in [-0.1, -0.05) is 293 Å². The molecule has 612 valence electrons. The summed E-state index contributed by atoms with van der Waals surface area (Å²) < 4.78 is 68.5. The van der Waals surface area contributed by atoms with Gasteiger partial charge in [0, 0.05) is 25.7 Å². The van der Waals surface area contributed by atoms with Gasteiger partial charge >= 0.3 is 39.5 Å². The molecule has 2 unspecified atom stereocenters. The summed E-state index contributed by atoms with van der Waals surface area (Å²) in [4.78, 5) is 73.1. The third kappa shape index (κ3) is 78.3. The normalized spacial score (nSPS) is 14.8. The average Bonchev–Trinajstić information content (AvgIpc) is 0.896. The number of unbranched alkanes of at least 4 members (excludes halogenated alkanes) is 19.